The molecule has 6 heterocycles. The molecule has 8 aromatic rings. The molecule has 6 aromatic carbocycles. The number of esters is 2. The van der Waals surface area contributed by atoms with Gasteiger partial charge in [0.1, 0.15) is 13.2 Å². The molecule has 4 unspecified atom stereocenters. The third kappa shape index (κ3) is 16.6. The SMILES string of the molecule is C.C#Cc1cc2c(s1)C(c1ccccc1C)=NC(COOCOCOC(=O)C1N=C(c3ccccc3C)c3sc(C#C)cc3N(C)C1=O)C(=O)N2C.C#Cc1ccc2c(c1)C(c1ccccc1C)=NC(C(=O)OCOCOOCC1N=C(c3ccccc3C)c3cc(C#CC)ccc3N(C)C1=O)C(=O)N2C. The summed E-state index contributed by atoms with van der Waals surface area (Å²) in [6.07, 6.45) is 17.0. The van der Waals surface area contributed by atoms with Gasteiger partial charge in [-0.1, -0.05) is 128 Å². The third-order valence-corrected chi connectivity index (χ3v) is 19.6. The number of rotatable bonds is 20. The minimum Gasteiger partial charge on any atom is -0.436 e. The number of hydrogen-bond acceptors (Lipinski definition) is 20. The number of benzodiazepines with no additional fused rings is 2. The molecule has 2 aromatic heterocycles. The Morgan fingerprint density at radius 1 is 0.425 bits per heavy atom. The standard InChI is InChI=1S/C43H38N4O7.C38H32N4O7S2.CH4/c1-7-13-30-19-21-36-34(23-30)38(31-16-11-9-14-27(31)3)44-35(41(48)46(36)5)24-53-54-26-51-25-52-43(50)40-42(49)47(6)37-20-18-29(8-2)22-33(37)39(45-40)32-17-12-10-15-28(32)4;1-7-24-17-29-34(50-24)31(26-15-11-9-13-22(26)3)39-28(36(43)41(29)5)19-48-49-21-46-20-47-38(45)33-37(44)42(6)30-18-25(8-2)51-35(30)32(40-33)27-16-12-10-14-23(27)4;/h2,9-12,14-23,35,40H,24-26H2,1,3-6H3;1-2,9-18,28,33H,19-21H2,3-6H3;1H4. The molecule has 4 aliphatic heterocycles. The highest BCUT2D eigenvalue weighted by molar-refractivity contribution is 7.16. The Bertz CT molecular complexity index is 5090. The van der Waals surface area contributed by atoms with Gasteiger partial charge in [0.2, 0.25) is 12.1 Å². The van der Waals surface area contributed by atoms with Crippen molar-refractivity contribution in [3.8, 4) is 48.9 Å². The van der Waals surface area contributed by atoms with Crippen LogP contribution in [0.4, 0.5) is 22.7 Å². The normalized spacial score (nSPS) is 16.5. The Balaban J connectivity index is 0.000000225. The van der Waals surface area contributed by atoms with Crippen molar-refractivity contribution >= 4 is 104 Å². The number of aryl methyl sites for hydroxylation is 4. The van der Waals surface area contributed by atoms with E-state index in [1.807, 2.05) is 143 Å². The summed E-state index contributed by atoms with van der Waals surface area (Å²) < 4.78 is 21.2. The molecule has 0 bridgehead atoms. The van der Waals surface area contributed by atoms with E-state index in [-0.39, 0.29) is 32.5 Å². The number of nitrogens with zero attached hydrogens (tertiary/aromatic N) is 8. The van der Waals surface area contributed by atoms with E-state index in [1.54, 1.807) is 70.3 Å². The molecule has 24 heteroatoms. The number of amides is 4. The van der Waals surface area contributed by atoms with Crippen molar-refractivity contribution in [1.82, 2.24) is 0 Å². The van der Waals surface area contributed by atoms with Crippen molar-refractivity contribution < 1.29 is 67.3 Å². The van der Waals surface area contributed by atoms with Gasteiger partial charge in [-0.3, -0.25) is 39.1 Å². The van der Waals surface area contributed by atoms with Gasteiger partial charge in [-0.15, -0.1) is 47.9 Å². The first-order valence-corrected chi connectivity index (χ1v) is 34.4. The van der Waals surface area contributed by atoms with Crippen molar-refractivity contribution in [2.45, 2.75) is 66.2 Å². The quantitative estimate of drug-likeness (QED) is 0.0131. The summed E-state index contributed by atoms with van der Waals surface area (Å²) >= 11 is 2.70. The van der Waals surface area contributed by atoms with Crippen LogP contribution in [0.1, 0.15) is 101 Å². The van der Waals surface area contributed by atoms with Gasteiger partial charge >= 0.3 is 11.9 Å². The summed E-state index contributed by atoms with van der Waals surface area (Å²) in [7, 11) is 6.47. The first-order valence-electron chi connectivity index (χ1n) is 32.8. The maximum Gasteiger partial charge on any atom is 0.342 e. The second-order valence-corrected chi connectivity index (χ2v) is 26.2. The first kappa shape index (κ1) is 76.8. The number of aliphatic imine (C=N–C) groups is 4. The molecule has 538 valence electrons. The van der Waals surface area contributed by atoms with Crippen molar-refractivity contribution in [3.63, 3.8) is 0 Å². The predicted octanol–water partition coefficient (Wildman–Crippen LogP) is 10.7. The van der Waals surface area contributed by atoms with Crippen molar-refractivity contribution in [2.75, 3.05) is 88.2 Å². The van der Waals surface area contributed by atoms with Crippen LogP contribution in [0.3, 0.4) is 0 Å². The zero-order valence-corrected chi connectivity index (χ0v) is 60.4. The number of carbonyl (C=O) groups excluding carboxylic acids is 6. The van der Waals surface area contributed by atoms with Gasteiger partial charge in [-0.05, 0) is 105 Å². The molecule has 12 rings (SSSR count). The number of fused-ring (bicyclic) bond motifs is 4. The maximum atomic E-state index is 13.6. The van der Waals surface area contributed by atoms with Crippen LogP contribution >= 0.6 is 22.7 Å². The van der Waals surface area contributed by atoms with E-state index in [0.717, 1.165) is 60.5 Å². The maximum absolute atomic E-state index is 13.6. The van der Waals surface area contributed by atoms with E-state index < -0.39 is 75.1 Å². The predicted molar refractivity (Wildman–Crippen MR) is 409 cm³/mol. The smallest absolute Gasteiger partial charge is 0.342 e. The molecule has 4 amide bonds. The van der Waals surface area contributed by atoms with E-state index in [0.29, 0.717) is 71.4 Å². The van der Waals surface area contributed by atoms with Gasteiger partial charge in [0, 0.05) is 72.7 Å². The summed E-state index contributed by atoms with van der Waals surface area (Å²) in [6.45, 7) is 7.11. The fourth-order valence-electron chi connectivity index (χ4n) is 11.9. The number of likely N-dealkylation sites (N-methyl/N-ethyl adjacent to an activating group) is 4. The molecule has 0 aliphatic carbocycles. The Kier molecular flexibility index (Phi) is 25.1. The van der Waals surface area contributed by atoms with Gasteiger partial charge in [-0.2, -0.15) is 0 Å². The van der Waals surface area contributed by atoms with Crippen LogP contribution in [0.15, 0.2) is 166 Å². The molecular weight excluding hydrogens is 1390 g/mol. The largest absolute Gasteiger partial charge is 0.436 e. The Labute approximate surface area is 622 Å². The van der Waals surface area contributed by atoms with Crippen molar-refractivity contribution in [3.05, 3.63) is 232 Å². The lowest BCUT2D eigenvalue weighted by Crippen LogP contribution is -2.40. The van der Waals surface area contributed by atoms with Crippen molar-refractivity contribution in [2.24, 2.45) is 20.0 Å². The second kappa shape index (κ2) is 34.7. The average molecular weight is 1460 g/mol. The lowest BCUT2D eigenvalue weighted by atomic mass is 9.95. The summed E-state index contributed by atoms with van der Waals surface area (Å²) in [5, 5.41) is 0. The van der Waals surface area contributed by atoms with Gasteiger partial charge in [-0.25, -0.2) is 29.1 Å². The minimum atomic E-state index is -1.51. The zero-order chi connectivity index (χ0) is 74.6. The Hall–Kier alpha value is -11.8. The molecule has 0 spiro atoms. The van der Waals surface area contributed by atoms with Crippen LogP contribution in [0.25, 0.3) is 0 Å². The van der Waals surface area contributed by atoms with Crippen LogP contribution in [-0.4, -0.2) is 151 Å². The summed E-state index contributed by atoms with van der Waals surface area (Å²) in [5.74, 6) is 10.3. The molecule has 0 radical (unpaired) electrons. The molecule has 0 N–H and O–H groups in total. The van der Waals surface area contributed by atoms with Crippen LogP contribution in [0.2, 0.25) is 0 Å². The highest BCUT2D eigenvalue weighted by atomic mass is 32.1. The van der Waals surface area contributed by atoms with Gasteiger partial charge in [0.05, 0.1) is 65.1 Å². The molecule has 22 nitrogen and oxygen atoms in total. The van der Waals surface area contributed by atoms with E-state index in [2.05, 4.69) is 39.6 Å². The number of ether oxygens (including phenoxy) is 4. The molecule has 4 atom stereocenters. The van der Waals surface area contributed by atoms with E-state index in [4.69, 9.17) is 67.8 Å². The molecule has 0 fully saturated rings. The fourth-order valence-corrected chi connectivity index (χ4v) is 13.9. The number of anilines is 4. The summed E-state index contributed by atoms with van der Waals surface area (Å²) in [4.78, 5) is 129. The number of terminal acetylenes is 3. The minimum absolute atomic E-state index is 0. The highest BCUT2D eigenvalue weighted by Gasteiger charge is 2.40. The van der Waals surface area contributed by atoms with Crippen LogP contribution in [0, 0.1) is 76.6 Å². The molecule has 4 aliphatic rings. The van der Waals surface area contributed by atoms with Gasteiger partial charge < -0.3 is 38.5 Å². The number of hydrogen-bond donors (Lipinski definition) is 0. The topological polar surface area (TPSA) is 239 Å². The summed E-state index contributed by atoms with van der Waals surface area (Å²) in [6, 6.07) is 40.1. The van der Waals surface area contributed by atoms with Crippen LogP contribution in [0.5, 0.6) is 0 Å². The molecular formula is C82H74N8O14S2. The molecule has 0 saturated carbocycles. The fraction of sp³-hybridized carbons (Fsp3) is 0.244. The van der Waals surface area contributed by atoms with Crippen molar-refractivity contribution in [1.29, 1.82) is 0 Å². The van der Waals surface area contributed by atoms with E-state index in [1.165, 1.54) is 37.4 Å². The lowest BCUT2D eigenvalue weighted by Gasteiger charge is -2.20. The van der Waals surface area contributed by atoms with E-state index in [9.17, 15) is 28.8 Å². The monoisotopic (exact) mass is 1460 g/mol. The Morgan fingerprint density at radius 2 is 0.783 bits per heavy atom. The zero-order valence-electron chi connectivity index (χ0n) is 58.8. The highest BCUT2D eigenvalue weighted by Crippen LogP contribution is 2.39. The van der Waals surface area contributed by atoms with Crippen LogP contribution < -0.4 is 19.6 Å². The first-order chi connectivity index (χ1) is 50.7. The number of benzene rings is 6. The second-order valence-electron chi connectivity index (χ2n) is 24.1. The number of thiophene rings is 2. The van der Waals surface area contributed by atoms with Gasteiger partial charge in [0.15, 0.2) is 39.3 Å². The third-order valence-electron chi connectivity index (χ3n) is 17.5. The Morgan fingerprint density at radius 3 is 1.21 bits per heavy atom. The molecule has 106 heavy (non-hydrogen) atoms. The lowest BCUT2D eigenvalue weighted by molar-refractivity contribution is -0.343. The van der Waals surface area contributed by atoms with Crippen LogP contribution in [-0.2, 0) is 67.3 Å². The molecule has 0 saturated heterocycles. The average Bonchev–Trinajstić information content (AvgIpc) is 1.63. The van der Waals surface area contributed by atoms with Gasteiger partial charge in [0.25, 0.3) is 23.6 Å². The van der Waals surface area contributed by atoms with E-state index >= 15 is 0 Å². The number of carbonyl (C=O) groups is 6. The summed E-state index contributed by atoms with van der Waals surface area (Å²) in [5.41, 5.74) is 14.4.